The summed E-state index contributed by atoms with van der Waals surface area (Å²) in [5, 5.41) is 25.7. The fourth-order valence-corrected chi connectivity index (χ4v) is 1.63. The van der Waals surface area contributed by atoms with Crippen molar-refractivity contribution in [3.05, 3.63) is 12.3 Å². The zero-order chi connectivity index (χ0) is 13.0. The Hall–Kier alpha value is -1.44. The predicted molar refractivity (Wildman–Crippen MR) is 59.9 cm³/mol. The minimum absolute atomic E-state index is 0.206. The molecule has 17 heavy (non-hydrogen) atoms. The van der Waals surface area contributed by atoms with Crippen molar-refractivity contribution < 1.29 is 19.7 Å². The first-order valence-electron chi connectivity index (χ1n) is 5.21. The van der Waals surface area contributed by atoms with Crippen molar-refractivity contribution in [3.63, 3.8) is 0 Å². The molecule has 5 N–H and O–H groups in total. The summed E-state index contributed by atoms with van der Waals surface area (Å²) in [5.41, 5.74) is 5.14. The summed E-state index contributed by atoms with van der Waals surface area (Å²) in [5.74, 6) is -0.549. The molecule has 0 aromatic rings. The SMILES string of the molecule is CC(=O)N(/C=C\C(=N)N)[C@@H]1O[C@H](CO)CC1O. The molecule has 96 valence electrons. The largest absolute Gasteiger partial charge is 0.394 e. The highest BCUT2D eigenvalue weighted by atomic mass is 16.5. The second-order valence-corrected chi connectivity index (χ2v) is 3.83. The van der Waals surface area contributed by atoms with E-state index in [0.29, 0.717) is 0 Å². The van der Waals surface area contributed by atoms with Crippen molar-refractivity contribution in [1.29, 1.82) is 5.41 Å². The van der Waals surface area contributed by atoms with Gasteiger partial charge in [0.2, 0.25) is 5.91 Å². The molecule has 1 saturated heterocycles. The Balaban J connectivity index is 2.78. The monoisotopic (exact) mass is 243 g/mol. The molecule has 0 saturated carbocycles. The summed E-state index contributed by atoms with van der Waals surface area (Å²) in [7, 11) is 0. The fraction of sp³-hybridized carbons (Fsp3) is 0.600. The lowest BCUT2D eigenvalue weighted by Gasteiger charge is -2.26. The number of rotatable bonds is 4. The summed E-state index contributed by atoms with van der Waals surface area (Å²) in [6.07, 6.45) is 0.580. The lowest BCUT2D eigenvalue weighted by atomic mass is 10.2. The molecule has 0 aromatic carbocycles. The first-order chi connectivity index (χ1) is 7.95. The number of carbonyl (C=O) groups is 1. The van der Waals surface area contributed by atoms with Crippen molar-refractivity contribution in [1.82, 2.24) is 4.90 Å². The average molecular weight is 243 g/mol. The van der Waals surface area contributed by atoms with Gasteiger partial charge in [0.25, 0.3) is 0 Å². The first kappa shape index (κ1) is 13.6. The molecular weight excluding hydrogens is 226 g/mol. The average Bonchev–Trinajstić information content (AvgIpc) is 2.59. The molecule has 3 atom stereocenters. The zero-order valence-electron chi connectivity index (χ0n) is 9.54. The van der Waals surface area contributed by atoms with Crippen molar-refractivity contribution in [2.24, 2.45) is 5.73 Å². The second kappa shape index (κ2) is 5.76. The smallest absolute Gasteiger partial charge is 0.225 e. The van der Waals surface area contributed by atoms with Crippen LogP contribution in [0.15, 0.2) is 12.3 Å². The molecule has 1 aliphatic rings. The highest BCUT2D eigenvalue weighted by Gasteiger charge is 2.37. The number of hydrogen-bond acceptors (Lipinski definition) is 5. The molecule has 1 aliphatic heterocycles. The van der Waals surface area contributed by atoms with Gasteiger partial charge in [-0.15, -0.1) is 0 Å². The maximum atomic E-state index is 11.4. The van der Waals surface area contributed by atoms with Gasteiger partial charge in [-0.2, -0.15) is 0 Å². The van der Waals surface area contributed by atoms with E-state index in [1.807, 2.05) is 0 Å². The highest BCUT2D eigenvalue weighted by molar-refractivity contribution is 5.89. The van der Waals surface area contributed by atoms with Crippen LogP contribution in [-0.2, 0) is 9.53 Å². The van der Waals surface area contributed by atoms with Gasteiger partial charge in [0, 0.05) is 19.5 Å². The molecule has 1 fully saturated rings. The summed E-state index contributed by atoms with van der Waals surface area (Å²) in [6.45, 7) is 1.10. The topological polar surface area (TPSA) is 120 Å². The summed E-state index contributed by atoms with van der Waals surface area (Å²) < 4.78 is 5.32. The number of aliphatic hydroxyl groups is 2. The maximum absolute atomic E-state index is 11.4. The second-order valence-electron chi connectivity index (χ2n) is 3.83. The van der Waals surface area contributed by atoms with Gasteiger partial charge in [-0.1, -0.05) is 0 Å². The van der Waals surface area contributed by atoms with Crippen LogP contribution in [0.4, 0.5) is 0 Å². The summed E-state index contributed by atoms with van der Waals surface area (Å²) in [6, 6.07) is 0. The minimum Gasteiger partial charge on any atom is -0.394 e. The van der Waals surface area contributed by atoms with E-state index >= 15 is 0 Å². The molecule has 7 heteroatoms. The fourth-order valence-electron chi connectivity index (χ4n) is 1.63. The minimum atomic E-state index is -0.868. The molecule has 1 amide bonds. The zero-order valence-corrected chi connectivity index (χ0v) is 9.54. The number of amides is 1. The lowest BCUT2D eigenvalue weighted by molar-refractivity contribution is -0.143. The lowest BCUT2D eigenvalue weighted by Crippen LogP contribution is -2.41. The van der Waals surface area contributed by atoms with Gasteiger partial charge in [-0.25, -0.2) is 0 Å². The van der Waals surface area contributed by atoms with Crippen molar-refractivity contribution in [3.8, 4) is 0 Å². The van der Waals surface area contributed by atoms with Gasteiger partial charge in [0.1, 0.15) is 11.9 Å². The Bertz CT molecular complexity index is 332. The molecule has 0 aromatic heterocycles. The van der Waals surface area contributed by atoms with E-state index in [1.165, 1.54) is 19.2 Å². The first-order valence-corrected chi connectivity index (χ1v) is 5.21. The number of nitrogens with two attached hydrogens (primary N) is 1. The number of aliphatic hydroxyl groups excluding tert-OH is 2. The Kier molecular flexibility index (Phi) is 4.62. The van der Waals surface area contributed by atoms with E-state index in [-0.39, 0.29) is 24.8 Å². The van der Waals surface area contributed by atoms with Gasteiger partial charge >= 0.3 is 0 Å². The van der Waals surface area contributed by atoms with Gasteiger partial charge in [0.15, 0.2) is 6.23 Å². The Morgan fingerprint density at radius 2 is 2.35 bits per heavy atom. The van der Waals surface area contributed by atoms with Gasteiger partial charge in [-0.3, -0.25) is 15.1 Å². The van der Waals surface area contributed by atoms with Crippen LogP contribution in [0, 0.1) is 5.41 Å². The number of hydrogen-bond donors (Lipinski definition) is 4. The summed E-state index contributed by atoms with van der Waals surface area (Å²) in [4.78, 5) is 12.5. The van der Waals surface area contributed by atoms with E-state index < -0.39 is 18.4 Å². The van der Waals surface area contributed by atoms with Crippen LogP contribution >= 0.6 is 0 Å². The Morgan fingerprint density at radius 1 is 1.71 bits per heavy atom. The van der Waals surface area contributed by atoms with Crippen LogP contribution < -0.4 is 5.73 Å². The van der Waals surface area contributed by atoms with Gasteiger partial charge < -0.3 is 20.7 Å². The van der Waals surface area contributed by atoms with Crippen LogP contribution in [0.5, 0.6) is 0 Å². The summed E-state index contributed by atoms with van der Waals surface area (Å²) >= 11 is 0. The Morgan fingerprint density at radius 3 is 2.76 bits per heavy atom. The molecule has 7 nitrogen and oxygen atoms in total. The maximum Gasteiger partial charge on any atom is 0.225 e. The van der Waals surface area contributed by atoms with Crippen LogP contribution in [0.2, 0.25) is 0 Å². The number of amidine groups is 1. The van der Waals surface area contributed by atoms with Crippen LogP contribution in [0.1, 0.15) is 13.3 Å². The third kappa shape index (κ3) is 3.52. The molecule has 1 rings (SSSR count). The number of nitrogens with one attached hydrogen (secondary N) is 1. The highest BCUT2D eigenvalue weighted by Crippen LogP contribution is 2.23. The predicted octanol–water partition coefficient (Wildman–Crippen LogP) is -1.25. The number of nitrogens with zero attached hydrogens (tertiary/aromatic N) is 1. The van der Waals surface area contributed by atoms with Crippen molar-refractivity contribution in [2.45, 2.75) is 31.8 Å². The van der Waals surface area contributed by atoms with E-state index in [0.717, 1.165) is 4.90 Å². The van der Waals surface area contributed by atoms with Crippen molar-refractivity contribution >= 4 is 11.7 Å². The normalized spacial score (nSPS) is 28.5. The van der Waals surface area contributed by atoms with Gasteiger partial charge in [0.05, 0.1) is 12.7 Å². The van der Waals surface area contributed by atoms with Crippen LogP contribution in [0.25, 0.3) is 0 Å². The van der Waals surface area contributed by atoms with E-state index in [4.69, 9.17) is 21.0 Å². The van der Waals surface area contributed by atoms with E-state index in [9.17, 15) is 9.90 Å². The molecule has 0 radical (unpaired) electrons. The molecule has 0 bridgehead atoms. The number of carbonyl (C=O) groups excluding carboxylic acids is 1. The molecule has 1 unspecified atom stereocenters. The van der Waals surface area contributed by atoms with Gasteiger partial charge in [-0.05, 0) is 6.08 Å². The molecular formula is C10H17N3O4. The van der Waals surface area contributed by atoms with Crippen LogP contribution in [-0.4, -0.2) is 51.9 Å². The van der Waals surface area contributed by atoms with E-state index in [2.05, 4.69) is 0 Å². The van der Waals surface area contributed by atoms with Crippen LogP contribution in [0.3, 0.4) is 0 Å². The van der Waals surface area contributed by atoms with Crippen molar-refractivity contribution in [2.75, 3.05) is 6.61 Å². The standard InChI is InChI=1S/C10H17N3O4/c1-6(15)13(3-2-9(11)12)10-8(16)4-7(5-14)17-10/h2-3,7-8,10,14,16H,4-5H2,1H3,(H3,11,12)/b3-2-/t7-,8?,10+/m0/s1. The molecule has 1 heterocycles. The number of ether oxygens (including phenoxy) is 1. The third-order valence-corrected chi connectivity index (χ3v) is 2.42. The quantitative estimate of drug-likeness (QED) is 0.363. The third-order valence-electron chi connectivity index (χ3n) is 2.42. The van der Waals surface area contributed by atoms with E-state index in [1.54, 1.807) is 0 Å². The molecule has 0 spiro atoms. The molecule has 0 aliphatic carbocycles. The Labute approximate surface area is 99.0 Å².